The normalized spacial score (nSPS) is 13.3. The predicted octanol–water partition coefficient (Wildman–Crippen LogP) is -4.63. The molecular weight excluding hydrogens is 590 g/mol. The first kappa shape index (κ1) is 45.6. The summed E-state index contributed by atoms with van der Waals surface area (Å²) in [5.41, 5.74) is 21.2. The zero-order chi connectivity index (χ0) is 34.1. The van der Waals surface area contributed by atoms with Gasteiger partial charge in [0.25, 0.3) is 0 Å². The van der Waals surface area contributed by atoms with Crippen LogP contribution in [0.25, 0.3) is 0 Å². The predicted molar refractivity (Wildman–Crippen MR) is 171 cm³/mol. The molecule has 5 unspecified atom stereocenters. The van der Waals surface area contributed by atoms with Gasteiger partial charge in [-0.1, -0.05) is 7.43 Å². The summed E-state index contributed by atoms with van der Waals surface area (Å²) in [6.07, 6.45) is 1.68. The van der Waals surface area contributed by atoms with Crippen molar-refractivity contribution >= 4 is 41.9 Å². The molecule has 0 heterocycles. The van der Waals surface area contributed by atoms with Crippen LogP contribution in [0.1, 0.15) is 60.3 Å². The first-order valence-corrected chi connectivity index (χ1v) is 14.5. The van der Waals surface area contributed by atoms with Crippen LogP contribution in [0.3, 0.4) is 0 Å². The molecule has 0 aliphatic carbocycles. The summed E-state index contributed by atoms with van der Waals surface area (Å²) in [7, 11) is 1.50. The van der Waals surface area contributed by atoms with Crippen molar-refractivity contribution < 1.29 is 33.6 Å². The van der Waals surface area contributed by atoms with Gasteiger partial charge in [0, 0.05) is 19.0 Å². The Labute approximate surface area is 266 Å². The third kappa shape index (κ3) is 21.5. The van der Waals surface area contributed by atoms with Gasteiger partial charge >= 0.3 is 0 Å². The van der Waals surface area contributed by atoms with Gasteiger partial charge in [0.15, 0.2) is 0 Å². The molecule has 0 aromatic carbocycles. The zero-order valence-electron chi connectivity index (χ0n) is 26.2. The minimum Gasteiger partial charge on any atom is -0.354 e. The third-order valence-corrected chi connectivity index (χ3v) is 5.93. The van der Waals surface area contributed by atoms with E-state index in [2.05, 4.69) is 43.0 Å². The van der Waals surface area contributed by atoms with Gasteiger partial charge in [-0.25, -0.2) is 0 Å². The van der Waals surface area contributed by atoms with Crippen LogP contribution in [0.5, 0.6) is 0 Å². The molecule has 262 valence electrons. The second-order valence-electron chi connectivity index (χ2n) is 9.74. The summed E-state index contributed by atoms with van der Waals surface area (Å²) in [5.74, 6) is -3.30. The molecule has 0 rings (SSSR count). The highest BCUT2D eigenvalue weighted by Crippen LogP contribution is 1.99. The molecule has 0 bridgehead atoms. The van der Waals surface area contributed by atoms with E-state index in [-0.39, 0.29) is 64.8 Å². The fourth-order valence-electron chi connectivity index (χ4n) is 3.59. The Balaban J connectivity index is -0.00000575. The largest absolute Gasteiger partial charge is 0.354 e. The van der Waals surface area contributed by atoms with Crippen molar-refractivity contribution in [2.75, 3.05) is 39.8 Å². The van der Waals surface area contributed by atoms with E-state index in [0.717, 1.165) is 0 Å². The minimum absolute atomic E-state index is 0. The average Bonchev–Trinajstić information content (AvgIpc) is 2.98. The second-order valence-corrected chi connectivity index (χ2v) is 9.74. The van der Waals surface area contributed by atoms with Crippen LogP contribution in [0.15, 0.2) is 0 Å². The number of carbonyl (C=O) groups excluding carboxylic acids is 7. The molecule has 0 aromatic heterocycles. The first-order chi connectivity index (χ1) is 20.9. The number of hydrogen-bond donors (Lipinski definition) is 11. The topological polar surface area (TPSA) is 308 Å². The summed E-state index contributed by atoms with van der Waals surface area (Å²) in [5, 5.41) is 17.5. The van der Waals surface area contributed by atoms with Crippen molar-refractivity contribution in [1.82, 2.24) is 37.2 Å². The molecule has 0 aromatic rings. The van der Waals surface area contributed by atoms with E-state index in [1.165, 1.54) is 20.9 Å². The van der Waals surface area contributed by atoms with Gasteiger partial charge in [-0.3, -0.25) is 33.6 Å². The maximum Gasteiger partial charge on any atom is 0.243 e. The standard InChI is InChI=1S/C25H48N10O7.CH5N.CH4/c1-15(6-9-26)31-20(37)5-4-12-30-22(39)16(2)33-24(41)18(7-10-27)35-25(42)19(8-11-28)34-23(40)17(3)32-21(38)13-29-14-36;1-2;/h14-19H,4-13,26-28H2,1-3H3,(H,29,36)(H,30,39)(H,31,37)(H,32,38)(H,33,41)(H,34,40)(H,35,42);2H2,1H3;1H4. The fourth-order valence-corrected chi connectivity index (χ4v) is 3.59. The van der Waals surface area contributed by atoms with E-state index in [4.69, 9.17) is 17.2 Å². The molecule has 0 radical (unpaired) electrons. The van der Waals surface area contributed by atoms with Gasteiger partial charge in [-0.2, -0.15) is 0 Å². The molecule has 7 amide bonds. The fraction of sp³-hybridized carbons (Fsp3) is 0.741. The van der Waals surface area contributed by atoms with Gasteiger partial charge in [-0.05, 0) is 73.1 Å². The lowest BCUT2D eigenvalue weighted by Gasteiger charge is -2.25. The maximum absolute atomic E-state index is 12.9. The van der Waals surface area contributed by atoms with Crippen LogP contribution in [0.4, 0.5) is 0 Å². The molecule has 0 saturated heterocycles. The van der Waals surface area contributed by atoms with Crippen LogP contribution >= 0.6 is 0 Å². The minimum atomic E-state index is -1.13. The maximum atomic E-state index is 12.9. The second kappa shape index (κ2) is 27.7. The van der Waals surface area contributed by atoms with Crippen molar-refractivity contribution in [2.45, 2.75) is 90.5 Å². The van der Waals surface area contributed by atoms with Crippen LogP contribution in [0, 0.1) is 0 Å². The number of amides is 7. The summed E-state index contributed by atoms with van der Waals surface area (Å²) in [4.78, 5) is 84.7. The smallest absolute Gasteiger partial charge is 0.243 e. The Morgan fingerprint density at radius 2 is 1.13 bits per heavy atom. The van der Waals surface area contributed by atoms with Crippen LogP contribution in [-0.2, 0) is 33.6 Å². The molecular formula is C27H57N11O7. The zero-order valence-corrected chi connectivity index (χ0v) is 26.2. The highest BCUT2D eigenvalue weighted by Gasteiger charge is 2.29. The molecule has 45 heavy (non-hydrogen) atoms. The summed E-state index contributed by atoms with van der Waals surface area (Å²) in [6.45, 7) is 5.13. The summed E-state index contributed by atoms with van der Waals surface area (Å²) in [6, 6.07) is -4.26. The van der Waals surface area contributed by atoms with E-state index in [1.54, 1.807) is 0 Å². The molecule has 18 heteroatoms. The Morgan fingerprint density at radius 1 is 0.644 bits per heavy atom. The van der Waals surface area contributed by atoms with Crippen molar-refractivity contribution in [3.63, 3.8) is 0 Å². The Hall–Kier alpha value is -3.87. The van der Waals surface area contributed by atoms with E-state index in [9.17, 15) is 33.6 Å². The third-order valence-electron chi connectivity index (χ3n) is 5.93. The lowest BCUT2D eigenvalue weighted by atomic mass is 10.1. The quantitative estimate of drug-likeness (QED) is 0.0392. The van der Waals surface area contributed by atoms with Gasteiger partial charge in [0.2, 0.25) is 41.9 Å². The number of hydrogen-bond acceptors (Lipinski definition) is 11. The van der Waals surface area contributed by atoms with Gasteiger partial charge in [0.05, 0.1) is 6.54 Å². The molecule has 0 spiro atoms. The summed E-state index contributed by atoms with van der Waals surface area (Å²) < 4.78 is 0. The molecule has 5 atom stereocenters. The van der Waals surface area contributed by atoms with Crippen molar-refractivity contribution in [3.8, 4) is 0 Å². The molecule has 0 aliphatic heterocycles. The number of carbonyl (C=O) groups is 7. The Morgan fingerprint density at radius 3 is 1.64 bits per heavy atom. The number of rotatable bonds is 22. The molecule has 18 nitrogen and oxygen atoms in total. The van der Waals surface area contributed by atoms with Crippen LogP contribution < -0.4 is 60.2 Å². The highest BCUT2D eigenvalue weighted by atomic mass is 16.2. The Bertz CT molecular complexity index is 908. The number of nitrogens with two attached hydrogens (primary N) is 4. The molecule has 0 aliphatic rings. The van der Waals surface area contributed by atoms with E-state index >= 15 is 0 Å². The van der Waals surface area contributed by atoms with Gasteiger partial charge < -0.3 is 60.2 Å². The van der Waals surface area contributed by atoms with Gasteiger partial charge in [0.1, 0.15) is 24.2 Å². The lowest BCUT2D eigenvalue weighted by molar-refractivity contribution is -0.134. The summed E-state index contributed by atoms with van der Waals surface area (Å²) >= 11 is 0. The van der Waals surface area contributed by atoms with Crippen LogP contribution in [-0.4, -0.2) is 112 Å². The highest BCUT2D eigenvalue weighted by molar-refractivity contribution is 5.95. The first-order valence-electron chi connectivity index (χ1n) is 14.5. The van der Waals surface area contributed by atoms with E-state index in [0.29, 0.717) is 25.8 Å². The van der Waals surface area contributed by atoms with E-state index < -0.39 is 53.7 Å². The SMILES string of the molecule is C.CC(CCN)NC(=O)CCCNC(=O)C(C)NC(=O)C(CCN)NC(=O)C(CCN)NC(=O)C(C)NC(=O)CNC=O.CN. The van der Waals surface area contributed by atoms with Crippen molar-refractivity contribution in [2.24, 2.45) is 22.9 Å². The monoisotopic (exact) mass is 647 g/mol. The molecule has 0 saturated carbocycles. The lowest BCUT2D eigenvalue weighted by Crippen LogP contribution is -2.58. The van der Waals surface area contributed by atoms with Crippen molar-refractivity contribution in [1.29, 1.82) is 0 Å². The molecule has 15 N–H and O–H groups in total. The van der Waals surface area contributed by atoms with E-state index in [1.807, 2.05) is 6.92 Å². The van der Waals surface area contributed by atoms with Gasteiger partial charge in [-0.15, -0.1) is 0 Å². The molecule has 0 fully saturated rings. The van der Waals surface area contributed by atoms with Crippen LogP contribution in [0.2, 0.25) is 0 Å². The number of nitrogens with one attached hydrogen (secondary N) is 7. The Kier molecular flexibility index (Phi) is 28.0. The van der Waals surface area contributed by atoms with Crippen molar-refractivity contribution in [3.05, 3.63) is 0 Å². The average molecular weight is 648 g/mol.